The zero-order valence-corrected chi connectivity index (χ0v) is 10.5. The van der Waals surface area contributed by atoms with Crippen LogP contribution in [0.15, 0.2) is 30.3 Å². The molecular weight excluding hydrogens is 269 g/mol. The van der Waals surface area contributed by atoms with E-state index in [0.717, 1.165) is 6.07 Å². The van der Waals surface area contributed by atoms with Gasteiger partial charge in [0.2, 0.25) is 0 Å². The molecule has 0 bridgehead atoms. The number of nitrogen functional groups attached to an aromatic ring is 1. The molecule has 0 aliphatic heterocycles. The Hall–Kier alpha value is -2.50. The fourth-order valence-electron chi connectivity index (χ4n) is 1.66. The summed E-state index contributed by atoms with van der Waals surface area (Å²) in [6, 6.07) is 5.51. The second-order valence-electron chi connectivity index (χ2n) is 4.29. The molecule has 0 aliphatic rings. The lowest BCUT2D eigenvalue weighted by Crippen LogP contribution is -2.15. The van der Waals surface area contributed by atoms with Crippen molar-refractivity contribution in [3.05, 3.63) is 58.9 Å². The van der Waals surface area contributed by atoms with E-state index in [2.05, 4.69) is 5.32 Å². The Labute approximate surface area is 113 Å². The Morgan fingerprint density at radius 1 is 1.05 bits per heavy atom. The molecule has 0 spiro atoms. The highest BCUT2D eigenvalue weighted by Gasteiger charge is 2.15. The number of nitrogens with two attached hydrogens (primary N) is 1. The monoisotopic (exact) mass is 280 g/mol. The molecule has 2 aromatic carbocycles. The lowest BCUT2D eigenvalue weighted by atomic mass is 10.1. The fourth-order valence-corrected chi connectivity index (χ4v) is 1.66. The van der Waals surface area contributed by atoms with E-state index in [1.54, 1.807) is 13.0 Å². The van der Waals surface area contributed by atoms with Gasteiger partial charge in [0.1, 0.15) is 17.5 Å². The van der Waals surface area contributed by atoms with Crippen LogP contribution in [0.3, 0.4) is 0 Å². The average Bonchev–Trinajstić information content (AvgIpc) is 2.35. The number of hydrogen-bond acceptors (Lipinski definition) is 2. The van der Waals surface area contributed by atoms with Crippen molar-refractivity contribution in [1.29, 1.82) is 0 Å². The normalized spacial score (nSPS) is 10.4. The van der Waals surface area contributed by atoms with Crippen LogP contribution in [-0.2, 0) is 0 Å². The lowest BCUT2D eigenvalue weighted by molar-refractivity contribution is 0.102. The Morgan fingerprint density at radius 2 is 1.75 bits per heavy atom. The molecule has 3 N–H and O–H groups in total. The summed E-state index contributed by atoms with van der Waals surface area (Å²) in [5, 5.41) is 2.15. The first-order valence-electron chi connectivity index (χ1n) is 5.70. The number of carbonyl (C=O) groups excluding carboxylic acids is 1. The highest BCUT2D eigenvalue weighted by atomic mass is 19.1. The minimum atomic E-state index is -0.988. The van der Waals surface area contributed by atoms with E-state index in [1.165, 1.54) is 12.1 Å². The van der Waals surface area contributed by atoms with Crippen LogP contribution < -0.4 is 11.1 Å². The molecule has 104 valence electrons. The van der Waals surface area contributed by atoms with Crippen molar-refractivity contribution in [2.24, 2.45) is 0 Å². The third-order valence-electron chi connectivity index (χ3n) is 2.70. The van der Waals surface area contributed by atoms with Crippen molar-refractivity contribution < 1.29 is 18.0 Å². The van der Waals surface area contributed by atoms with Crippen LogP contribution in [0.2, 0.25) is 0 Å². The molecule has 0 heterocycles. The Balaban J connectivity index is 2.30. The highest BCUT2D eigenvalue weighted by Crippen LogP contribution is 2.22. The number of rotatable bonds is 2. The van der Waals surface area contributed by atoms with Crippen molar-refractivity contribution in [2.75, 3.05) is 11.1 Å². The number of aryl methyl sites for hydroxylation is 1. The molecule has 0 fully saturated rings. The van der Waals surface area contributed by atoms with Gasteiger partial charge in [-0.25, -0.2) is 13.2 Å². The SMILES string of the molecule is Cc1ccc(C(=O)Nc2cc(N)c(F)cc2F)c(F)c1. The zero-order chi connectivity index (χ0) is 14.9. The molecule has 3 nitrogen and oxygen atoms in total. The van der Waals surface area contributed by atoms with E-state index >= 15 is 0 Å². The van der Waals surface area contributed by atoms with Crippen molar-refractivity contribution in [3.8, 4) is 0 Å². The first-order chi connectivity index (χ1) is 9.38. The summed E-state index contributed by atoms with van der Waals surface area (Å²) in [5.41, 5.74) is 5.07. The molecular formula is C14H11F3N2O. The minimum Gasteiger partial charge on any atom is -0.396 e. The Morgan fingerprint density at radius 3 is 2.40 bits per heavy atom. The largest absolute Gasteiger partial charge is 0.396 e. The molecule has 20 heavy (non-hydrogen) atoms. The summed E-state index contributed by atoms with van der Waals surface area (Å²) < 4.78 is 40.1. The van der Waals surface area contributed by atoms with Crippen LogP contribution in [0.5, 0.6) is 0 Å². The van der Waals surface area contributed by atoms with E-state index in [1.807, 2.05) is 0 Å². The summed E-state index contributed by atoms with van der Waals surface area (Å²) in [6.45, 7) is 1.67. The predicted octanol–water partition coefficient (Wildman–Crippen LogP) is 3.25. The molecule has 0 aromatic heterocycles. The maximum absolute atomic E-state index is 13.6. The third-order valence-corrected chi connectivity index (χ3v) is 2.70. The highest BCUT2D eigenvalue weighted by molar-refractivity contribution is 6.04. The third kappa shape index (κ3) is 2.74. The van der Waals surface area contributed by atoms with Crippen LogP contribution in [0.4, 0.5) is 24.5 Å². The molecule has 0 saturated carbocycles. The van der Waals surface area contributed by atoms with E-state index < -0.39 is 23.4 Å². The smallest absolute Gasteiger partial charge is 0.258 e. The molecule has 0 atom stereocenters. The van der Waals surface area contributed by atoms with Gasteiger partial charge in [-0.05, 0) is 30.7 Å². The van der Waals surface area contributed by atoms with Crippen LogP contribution in [0.1, 0.15) is 15.9 Å². The number of nitrogens with one attached hydrogen (secondary N) is 1. The van der Waals surface area contributed by atoms with Gasteiger partial charge in [0.15, 0.2) is 0 Å². The maximum atomic E-state index is 13.6. The van der Waals surface area contributed by atoms with Gasteiger partial charge in [-0.1, -0.05) is 6.07 Å². The number of halogens is 3. The number of hydrogen-bond donors (Lipinski definition) is 2. The van der Waals surface area contributed by atoms with Gasteiger partial charge in [0, 0.05) is 6.07 Å². The Bertz CT molecular complexity index is 686. The Kier molecular flexibility index (Phi) is 3.65. The maximum Gasteiger partial charge on any atom is 0.258 e. The quantitative estimate of drug-likeness (QED) is 0.830. The van der Waals surface area contributed by atoms with Gasteiger partial charge in [-0.2, -0.15) is 0 Å². The average molecular weight is 280 g/mol. The summed E-state index contributed by atoms with van der Waals surface area (Å²) in [5.74, 6) is -3.48. The number of anilines is 2. The van der Waals surface area contributed by atoms with Gasteiger partial charge in [0.25, 0.3) is 5.91 Å². The number of carbonyl (C=O) groups is 1. The van der Waals surface area contributed by atoms with Gasteiger partial charge >= 0.3 is 0 Å². The van der Waals surface area contributed by atoms with Crippen LogP contribution in [0, 0.1) is 24.4 Å². The van der Waals surface area contributed by atoms with E-state index in [0.29, 0.717) is 11.6 Å². The summed E-state index contributed by atoms with van der Waals surface area (Å²) in [7, 11) is 0. The summed E-state index contributed by atoms with van der Waals surface area (Å²) in [6.07, 6.45) is 0. The first kappa shape index (κ1) is 13.9. The second-order valence-corrected chi connectivity index (χ2v) is 4.29. The van der Waals surface area contributed by atoms with Gasteiger partial charge in [-0.15, -0.1) is 0 Å². The molecule has 0 unspecified atom stereocenters. The molecule has 2 rings (SSSR count). The molecule has 0 saturated heterocycles. The predicted molar refractivity (Wildman–Crippen MR) is 69.9 cm³/mol. The number of benzene rings is 2. The van der Waals surface area contributed by atoms with E-state index in [4.69, 9.17) is 5.73 Å². The first-order valence-corrected chi connectivity index (χ1v) is 5.70. The standard InChI is InChI=1S/C14H11F3N2O/c1-7-2-3-8(9(15)4-7)14(20)19-13-6-12(18)10(16)5-11(13)17/h2-6H,18H2,1H3,(H,19,20). The fraction of sp³-hybridized carbons (Fsp3) is 0.0714. The molecule has 0 radical (unpaired) electrons. The molecule has 6 heteroatoms. The topological polar surface area (TPSA) is 55.1 Å². The lowest BCUT2D eigenvalue weighted by Gasteiger charge is -2.09. The minimum absolute atomic E-state index is 0.238. The van der Waals surface area contributed by atoms with Crippen molar-refractivity contribution in [2.45, 2.75) is 6.92 Å². The van der Waals surface area contributed by atoms with Crippen LogP contribution in [0.25, 0.3) is 0 Å². The molecule has 0 aliphatic carbocycles. The summed E-state index contributed by atoms with van der Waals surface area (Å²) in [4.78, 5) is 11.8. The second kappa shape index (κ2) is 5.24. The van der Waals surface area contributed by atoms with Gasteiger partial charge in [0.05, 0.1) is 16.9 Å². The van der Waals surface area contributed by atoms with Gasteiger partial charge < -0.3 is 11.1 Å². The molecule has 2 aromatic rings. The van der Waals surface area contributed by atoms with Gasteiger partial charge in [-0.3, -0.25) is 4.79 Å². The van der Waals surface area contributed by atoms with Crippen molar-refractivity contribution in [3.63, 3.8) is 0 Å². The van der Waals surface area contributed by atoms with Crippen LogP contribution in [-0.4, -0.2) is 5.91 Å². The number of amides is 1. The van der Waals surface area contributed by atoms with E-state index in [9.17, 15) is 18.0 Å². The van der Waals surface area contributed by atoms with Crippen LogP contribution >= 0.6 is 0 Å². The zero-order valence-electron chi connectivity index (χ0n) is 10.5. The van der Waals surface area contributed by atoms with Crippen molar-refractivity contribution >= 4 is 17.3 Å². The summed E-state index contributed by atoms with van der Waals surface area (Å²) >= 11 is 0. The molecule has 1 amide bonds. The van der Waals surface area contributed by atoms with Crippen molar-refractivity contribution in [1.82, 2.24) is 0 Å². The van der Waals surface area contributed by atoms with E-state index in [-0.39, 0.29) is 16.9 Å².